The lowest BCUT2D eigenvalue weighted by atomic mass is 10.2. The Balaban J connectivity index is 1.83. The lowest BCUT2D eigenvalue weighted by Crippen LogP contribution is -2.13. The molecule has 0 bridgehead atoms. The maximum Gasteiger partial charge on any atom is 0.263 e. The Morgan fingerprint density at radius 2 is 2.14 bits per heavy atom. The van der Waals surface area contributed by atoms with Crippen LogP contribution in [-0.4, -0.2) is 18.2 Å². The van der Waals surface area contributed by atoms with Gasteiger partial charge in [-0.3, -0.25) is 9.40 Å². The monoisotopic (exact) mass is 339 g/mol. The molecule has 118 valence electrons. The van der Waals surface area contributed by atoms with E-state index < -0.39 is 10.0 Å². The molecule has 0 saturated heterocycles. The Hall–Kier alpha value is -1.53. The molecule has 1 aromatic heterocycles. The lowest BCUT2D eigenvalue weighted by Gasteiger charge is -2.10. The molecule has 3 rings (SSSR count). The maximum atomic E-state index is 12.5. The highest BCUT2D eigenvalue weighted by Gasteiger charge is 2.29. The molecule has 1 N–H and O–H groups in total. The van der Waals surface area contributed by atoms with Crippen LogP contribution >= 0.6 is 11.6 Å². The van der Waals surface area contributed by atoms with Gasteiger partial charge in [0.25, 0.3) is 10.0 Å². The van der Waals surface area contributed by atoms with Crippen LogP contribution in [0.1, 0.15) is 31.4 Å². The summed E-state index contributed by atoms with van der Waals surface area (Å²) in [7, 11) is -3.72. The second kappa shape index (κ2) is 5.59. The molecular weight excluding hydrogens is 322 g/mol. The van der Waals surface area contributed by atoms with Crippen LogP contribution in [0.5, 0.6) is 0 Å². The van der Waals surface area contributed by atoms with E-state index in [1.165, 1.54) is 19.0 Å². The van der Waals surface area contributed by atoms with Crippen molar-refractivity contribution < 1.29 is 8.42 Å². The van der Waals surface area contributed by atoms with Gasteiger partial charge in [-0.05, 0) is 50.3 Å². The van der Waals surface area contributed by atoms with E-state index >= 15 is 0 Å². The molecule has 1 aromatic carbocycles. The van der Waals surface area contributed by atoms with Crippen molar-refractivity contribution in [3.05, 3.63) is 41.2 Å². The first kappa shape index (κ1) is 15.4. The topological polar surface area (TPSA) is 64.0 Å². The summed E-state index contributed by atoms with van der Waals surface area (Å²) in [6.45, 7) is 3.92. The average Bonchev–Trinajstić information content (AvgIpc) is 3.21. The Kier molecular flexibility index (Phi) is 3.91. The van der Waals surface area contributed by atoms with Gasteiger partial charge in [0.1, 0.15) is 4.90 Å². The third-order valence-electron chi connectivity index (χ3n) is 3.95. The third-order valence-corrected chi connectivity index (χ3v) is 5.81. The maximum absolute atomic E-state index is 12.5. The molecule has 0 radical (unpaired) electrons. The number of rotatable bonds is 5. The van der Waals surface area contributed by atoms with Crippen molar-refractivity contribution in [2.24, 2.45) is 5.92 Å². The summed E-state index contributed by atoms with van der Waals surface area (Å²) in [6.07, 6.45) is 5.67. The molecule has 7 heteroatoms. The molecule has 0 amide bonds. The van der Waals surface area contributed by atoms with E-state index in [-0.39, 0.29) is 9.92 Å². The summed E-state index contributed by atoms with van der Waals surface area (Å²) < 4.78 is 29.3. The zero-order chi connectivity index (χ0) is 15.9. The summed E-state index contributed by atoms with van der Waals surface area (Å²) in [5.74, 6) is 0.649. The molecule has 1 aliphatic carbocycles. The van der Waals surface area contributed by atoms with E-state index in [9.17, 15) is 8.42 Å². The number of hydrogen-bond donors (Lipinski definition) is 1. The van der Waals surface area contributed by atoms with Crippen LogP contribution in [0.25, 0.3) is 0 Å². The third kappa shape index (κ3) is 3.13. The molecule has 5 nitrogen and oxygen atoms in total. The number of anilines is 1. The molecule has 1 fully saturated rings. The normalized spacial score (nSPS) is 16.5. The van der Waals surface area contributed by atoms with Gasteiger partial charge >= 0.3 is 0 Å². The second-order valence-corrected chi connectivity index (χ2v) is 7.88. The lowest BCUT2D eigenvalue weighted by molar-refractivity contribution is 0.440. The number of nitrogens with one attached hydrogen (secondary N) is 1. The number of nitrogens with zero attached hydrogens (tertiary/aromatic N) is 2. The van der Waals surface area contributed by atoms with E-state index in [2.05, 4.69) is 16.7 Å². The van der Waals surface area contributed by atoms with Crippen LogP contribution < -0.4 is 4.72 Å². The quantitative estimate of drug-likeness (QED) is 0.904. The van der Waals surface area contributed by atoms with Gasteiger partial charge in [0.05, 0.1) is 22.9 Å². The Bertz CT molecular complexity index is 797. The van der Waals surface area contributed by atoms with Crippen molar-refractivity contribution in [1.29, 1.82) is 0 Å². The Morgan fingerprint density at radius 3 is 2.82 bits per heavy atom. The number of sulfonamides is 1. The van der Waals surface area contributed by atoms with Crippen molar-refractivity contribution >= 4 is 27.3 Å². The van der Waals surface area contributed by atoms with E-state index in [0.29, 0.717) is 17.6 Å². The van der Waals surface area contributed by atoms with Gasteiger partial charge in [0, 0.05) is 6.20 Å². The number of hydrogen-bond acceptors (Lipinski definition) is 3. The van der Waals surface area contributed by atoms with E-state index in [1.54, 1.807) is 24.4 Å². The molecule has 1 saturated carbocycles. The predicted octanol–water partition coefficient (Wildman–Crippen LogP) is 3.62. The summed E-state index contributed by atoms with van der Waals surface area (Å²) in [4.78, 5) is 0.0807. The average molecular weight is 340 g/mol. The predicted molar refractivity (Wildman–Crippen MR) is 86.7 cm³/mol. The standard InChI is InChI=1S/C15H18ClN3O2S/c1-10-3-6-14(16)15(7-10)22(20,21)18-13-8-17-19(9-13)11(2)12-4-5-12/h3,6-9,11-12,18H,4-5H2,1-2H3/t11-/m0/s1. The van der Waals surface area contributed by atoms with Crippen LogP contribution in [0.4, 0.5) is 5.69 Å². The van der Waals surface area contributed by atoms with E-state index in [0.717, 1.165) is 5.56 Å². The number of aryl methyl sites for hydroxylation is 1. The Labute approximate surface area is 135 Å². The van der Waals surface area contributed by atoms with Crippen molar-refractivity contribution in [1.82, 2.24) is 9.78 Å². The minimum atomic E-state index is -3.72. The second-order valence-electron chi connectivity index (χ2n) is 5.83. The van der Waals surface area contributed by atoms with Crippen molar-refractivity contribution in [2.45, 2.75) is 37.6 Å². The van der Waals surface area contributed by atoms with Crippen LogP contribution in [0.3, 0.4) is 0 Å². The highest BCUT2D eigenvalue weighted by molar-refractivity contribution is 7.92. The van der Waals surface area contributed by atoms with Crippen LogP contribution in [-0.2, 0) is 10.0 Å². The fraction of sp³-hybridized carbons (Fsp3) is 0.400. The minimum Gasteiger partial charge on any atom is -0.276 e. The van der Waals surface area contributed by atoms with Crippen molar-refractivity contribution in [3.63, 3.8) is 0 Å². The van der Waals surface area contributed by atoms with Crippen LogP contribution in [0.2, 0.25) is 5.02 Å². The summed E-state index contributed by atoms with van der Waals surface area (Å²) in [6, 6.07) is 5.21. The minimum absolute atomic E-state index is 0.0807. The fourth-order valence-electron chi connectivity index (χ4n) is 2.43. The van der Waals surface area contributed by atoms with Crippen molar-refractivity contribution in [3.8, 4) is 0 Å². The molecular formula is C15H18ClN3O2S. The summed E-state index contributed by atoms with van der Waals surface area (Å²) in [5.41, 5.74) is 1.29. The van der Waals surface area contributed by atoms with E-state index in [4.69, 9.17) is 11.6 Å². The highest BCUT2D eigenvalue weighted by atomic mass is 35.5. The molecule has 0 aliphatic heterocycles. The molecule has 1 aliphatic rings. The highest BCUT2D eigenvalue weighted by Crippen LogP contribution is 2.39. The summed E-state index contributed by atoms with van der Waals surface area (Å²) in [5, 5.41) is 4.46. The SMILES string of the molecule is Cc1ccc(Cl)c(S(=O)(=O)Nc2cnn([C@@H](C)C3CC3)c2)c1. The van der Waals surface area contributed by atoms with E-state index in [1.807, 2.05) is 11.6 Å². The van der Waals surface area contributed by atoms with Gasteiger partial charge in [-0.1, -0.05) is 17.7 Å². The molecule has 1 heterocycles. The van der Waals surface area contributed by atoms with Gasteiger partial charge in [-0.2, -0.15) is 5.10 Å². The molecule has 1 atom stereocenters. The van der Waals surface area contributed by atoms with Gasteiger partial charge in [0.2, 0.25) is 0 Å². The summed E-state index contributed by atoms with van der Waals surface area (Å²) >= 11 is 6.01. The first-order chi connectivity index (χ1) is 10.4. The molecule has 2 aromatic rings. The van der Waals surface area contributed by atoms with Gasteiger partial charge in [0.15, 0.2) is 0 Å². The Morgan fingerprint density at radius 1 is 1.41 bits per heavy atom. The van der Waals surface area contributed by atoms with Gasteiger partial charge in [-0.15, -0.1) is 0 Å². The largest absolute Gasteiger partial charge is 0.276 e. The van der Waals surface area contributed by atoms with Crippen molar-refractivity contribution in [2.75, 3.05) is 4.72 Å². The smallest absolute Gasteiger partial charge is 0.263 e. The van der Waals surface area contributed by atoms with Crippen LogP contribution in [0.15, 0.2) is 35.5 Å². The van der Waals surface area contributed by atoms with Crippen LogP contribution in [0, 0.1) is 12.8 Å². The molecule has 0 spiro atoms. The number of benzene rings is 1. The molecule has 0 unspecified atom stereocenters. The first-order valence-corrected chi connectivity index (χ1v) is 9.06. The first-order valence-electron chi connectivity index (χ1n) is 7.20. The fourth-order valence-corrected chi connectivity index (χ4v) is 4.05. The van der Waals surface area contributed by atoms with Gasteiger partial charge in [-0.25, -0.2) is 8.42 Å². The zero-order valence-corrected chi connectivity index (χ0v) is 14.0. The number of aromatic nitrogens is 2. The number of halogens is 1. The van der Waals surface area contributed by atoms with Gasteiger partial charge < -0.3 is 0 Å². The zero-order valence-electron chi connectivity index (χ0n) is 12.5. The molecule has 22 heavy (non-hydrogen) atoms.